The molecule has 2 rings (SSSR count). The van der Waals surface area contributed by atoms with Crippen molar-refractivity contribution in [3.8, 4) is 0 Å². The fraction of sp³-hybridized carbons (Fsp3) is 0.188. The average molecular weight is 288 g/mol. The van der Waals surface area contributed by atoms with Crippen LogP contribution in [0.15, 0.2) is 53.7 Å². The highest BCUT2D eigenvalue weighted by Gasteiger charge is 1.99. The van der Waals surface area contributed by atoms with Crippen molar-refractivity contribution >= 4 is 5.84 Å². The van der Waals surface area contributed by atoms with Crippen molar-refractivity contribution in [3.63, 3.8) is 0 Å². The van der Waals surface area contributed by atoms with Gasteiger partial charge < -0.3 is 15.7 Å². The van der Waals surface area contributed by atoms with Crippen LogP contribution in [0.2, 0.25) is 0 Å². The summed E-state index contributed by atoms with van der Waals surface area (Å²) in [4.78, 5) is 5.18. The number of hydrogen-bond donors (Lipinski definition) is 2. The van der Waals surface area contributed by atoms with E-state index < -0.39 is 0 Å². The molecule has 0 fully saturated rings. The van der Waals surface area contributed by atoms with Crippen molar-refractivity contribution < 1.29 is 14.3 Å². The zero-order valence-electron chi connectivity index (χ0n) is 11.5. The van der Waals surface area contributed by atoms with Gasteiger partial charge in [0.25, 0.3) is 0 Å². The van der Waals surface area contributed by atoms with Crippen LogP contribution in [0.1, 0.15) is 16.7 Å². The predicted molar refractivity (Wildman–Crippen MR) is 78.9 cm³/mol. The highest BCUT2D eigenvalue weighted by atomic mass is 19.1. The summed E-state index contributed by atoms with van der Waals surface area (Å²) in [6.45, 7) is 0.319. The molecule has 0 heterocycles. The van der Waals surface area contributed by atoms with Gasteiger partial charge in [-0.1, -0.05) is 41.6 Å². The molecule has 3 N–H and O–H groups in total. The summed E-state index contributed by atoms with van der Waals surface area (Å²) in [6, 6.07) is 13.4. The maximum atomic E-state index is 12.8. The van der Waals surface area contributed by atoms with Crippen LogP contribution in [0.25, 0.3) is 0 Å². The van der Waals surface area contributed by atoms with E-state index in [1.165, 1.54) is 12.1 Å². The fourth-order valence-corrected chi connectivity index (χ4v) is 1.77. The number of halogens is 1. The summed E-state index contributed by atoms with van der Waals surface area (Å²) in [5.41, 5.74) is 8.40. The molecule has 0 spiro atoms. The van der Waals surface area contributed by atoms with E-state index in [4.69, 9.17) is 15.7 Å². The third-order valence-corrected chi connectivity index (χ3v) is 2.92. The molecular formula is C16H17FN2O2. The Morgan fingerprint density at radius 1 is 1.00 bits per heavy atom. The normalized spacial score (nSPS) is 11.4. The zero-order chi connectivity index (χ0) is 15.1. The second kappa shape index (κ2) is 7.40. The van der Waals surface area contributed by atoms with Gasteiger partial charge >= 0.3 is 0 Å². The lowest BCUT2D eigenvalue weighted by atomic mass is 10.1. The lowest BCUT2D eigenvalue weighted by Gasteiger charge is -2.04. The van der Waals surface area contributed by atoms with Crippen molar-refractivity contribution in [3.05, 3.63) is 71.0 Å². The minimum atomic E-state index is -0.281. The molecule has 0 aliphatic rings. The fourth-order valence-electron chi connectivity index (χ4n) is 1.77. The van der Waals surface area contributed by atoms with E-state index in [-0.39, 0.29) is 12.4 Å². The topological polar surface area (TPSA) is 67.8 Å². The van der Waals surface area contributed by atoms with Crippen LogP contribution in [-0.4, -0.2) is 10.9 Å². The molecule has 4 nitrogen and oxygen atoms in total. The zero-order valence-corrected chi connectivity index (χ0v) is 11.5. The average Bonchev–Trinajstić information content (AvgIpc) is 2.50. The molecule has 5 heteroatoms. The summed E-state index contributed by atoms with van der Waals surface area (Å²) in [5.74, 6) is 0.0467. The molecule has 0 bridgehead atoms. The first-order valence-electron chi connectivity index (χ1n) is 6.55. The maximum Gasteiger partial charge on any atom is 0.143 e. The van der Waals surface area contributed by atoms with E-state index in [1.54, 1.807) is 12.1 Å². The van der Waals surface area contributed by atoms with Crippen molar-refractivity contribution in [1.29, 1.82) is 0 Å². The maximum absolute atomic E-state index is 12.8. The lowest BCUT2D eigenvalue weighted by Crippen LogP contribution is -2.15. The summed E-state index contributed by atoms with van der Waals surface area (Å²) in [7, 11) is 0. The molecule has 110 valence electrons. The van der Waals surface area contributed by atoms with E-state index in [1.807, 2.05) is 24.3 Å². The van der Waals surface area contributed by atoms with Crippen molar-refractivity contribution in [2.45, 2.75) is 19.6 Å². The van der Waals surface area contributed by atoms with E-state index in [2.05, 4.69) is 5.16 Å². The molecular weight excluding hydrogens is 271 g/mol. The van der Waals surface area contributed by atoms with Crippen LogP contribution in [0.5, 0.6) is 0 Å². The second-order valence-corrected chi connectivity index (χ2v) is 4.63. The van der Waals surface area contributed by atoms with Crippen LogP contribution in [0.4, 0.5) is 4.39 Å². The number of rotatable bonds is 6. The van der Waals surface area contributed by atoms with Gasteiger partial charge in [0.1, 0.15) is 18.3 Å². The van der Waals surface area contributed by atoms with Crippen molar-refractivity contribution in [1.82, 2.24) is 0 Å². The monoisotopic (exact) mass is 288 g/mol. The van der Waals surface area contributed by atoms with Crippen molar-refractivity contribution in [2.24, 2.45) is 10.9 Å². The van der Waals surface area contributed by atoms with Gasteiger partial charge in [-0.2, -0.15) is 0 Å². The first kappa shape index (κ1) is 15.0. The molecule has 2 aromatic carbocycles. The van der Waals surface area contributed by atoms with Crippen molar-refractivity contribution in [2.75, 3.05) is 0 Å². The van der Waals surface area contributed by atoms with E-state index in [0.29, 0.717) is 18.9 Å². The van der Waals surface area contributed by atoms with Gasteiger partial charge in [0.15, 0.2) is 0 Å². The van der Waals surface area contributed by atoms with Crippen LogP contribution in [0, 0.1) is 5.82 Å². The Labute approximate surface area is 122 Å². The Kier molecular flexibility index (Phi) is 5.29. The standard InChI is InChI=1S/C16H17FN2O2/c17-15-7-5-12(6-8-15)9-16(18)19-21-11-14-3-1-13(10-20)2-4-14/h1-8,20H,9-11H2,(H2,18,19). The van der Waals surface area contributed by atoms with Gasteiger partial charge in [0.05, 0.1) is 6.61 Å². The third kappa shape index (κ3) is 4.89. The number of aliphatic hydroxyl groups is 1. The number of aliphatic hydroxyl groups excluding tert-OH is 1. The van der Waals surface area contributed by atoms with Crippen LogP contribution in [-0.2, 0) is 24.5 Å². The minimum absolute atomic E-state index is 0.0178. The summed E-state index contributed by atoms with van der Waals surface area (Å²) in [6.07, 6.45) is 0.406. The van der Waals surface area contributed by atoms with Crippen LogP contribution >= 0.6 is 0 Å². The summed E-state index contributed by atoms with van der Waals surface area (Å²) < 4.78 is 12.8. The minimum Gasteiger partial charge on any atom is -0.392 e. The number of benzene rings is 2. The molecule has 0 amide bonds. The van der Waals surface area contributed by atoms with Gasteiger partial charge in [-0.05, 0) is 28.8 Å². The third-order valence-electron chi connectivity index (χ3n) is 2.92. The predicted octanol–water partition coefficient (Wildman–Crippen LogP) is 2.35. The number of hydrogen-bond acceptors (Lipinski definition) is 3. The molecule has 0 radical (unpaired) electrons. The summed E-state index contributed by atoms with van der Waals surface area (Å²) >= 11 is 0. The molecule has 21 heavy (non-hydrogen) atoms. The Bertz CT molecular complexity index is 595. The Morgan fingerprint density at radius 3 is 2.19 bits per heavy atom. The van der Waals surface area contributed by atoms with E-state index in [0.717, 1.165) is 16.7 Å². The Hall–Kier alpha value is -2.40. The molecule has 0 aliphatic heterocycles. The van der Waals surface area contributed by atoms with Gasteiger partial charge in [0.2, 0.25) is 0 Å². The number of oxime groups is 1. The molecule has 0 aromatic heterocycles. The van der Waals surface area contributed by atoms with Gasteiger partial charge in [-0.15, -0.1) is 0 Å². The summed E-state index contributed by atoms with van der Waals surface area (Å²) in [5, 5.41) is 12.8. The highest BCUT2D eigenvalue weighted by molar-refractivity contribution is 5.82. The van der Waals surface area contributed by atoms with Crippen LogP contribution in [0.3, 0.4) is 0 Å². The Balaban J connectivity index is 1.83. The molecule has 0 aliphatic carbocycles. The van der Waals surface area contributed by atoms with E-state index in [9.17, 15) is 4.39 Å². The number of nitrogens with zero attached hydrogens (tertiary/aromatic N) is 1. The molecule has 0 atom stereocenters. The number of amidine groups is 1. The first-order valence-corrected chi connectivity index (χ1v) is 6.55. The smallest absolute Gasteiger partial charge is 0.143 e. The van der Waals surface area contributed by atoms with E-state index >= 15 is 0 Å². The van der Waals surface area contributed by atoms with Gasteiger partial charge in [-0.3, -0.25) is 0 Å². The molecule has 0 saturated carbocycles. The highest BCUT2D eigenvalue weighted by Crippen LogP contribution is 2.07. The first-order chi connectivity index (χ1) is 10.2. The molecule has 0 unspecified atom stereocenters. The SMILES string of the molecule is N/C(Cc1ccc(F)cc1)=N/OCc1ccc(CO)cc1. The number of nitrogens with two attached hydrogens (primary N) is 1. The molecule has 0 saturated heterocycles. The lowest BCUT2D eigenvalue weighted by molar-refractivity contribution is 0.129. The second-order valence-electron chi connectivity index (χ2n) is 4.63. The van der Waals surface area contributed by atoms with Gasteiger partial charge in [0, 0.05) is 6.42 Å². The Morgan fingerprint density at radius 2 is 1.57 bits per heavy atom. The van der Waals surface area contributed by atoms with Crippen LogP contribution < -0.4 is 5.73 Å². The quantitative estimate of drug-likeness (QED) is 0.487. The largest absolute Gasteiger partial charge is 0.392 e. The molecule has 2 aromatic rings. The van der Waals surface area contributed by atoms with Gasteiger partial charge in [-0.25, -0.2) is 4.39 Å².